The number of Topliss-reactive ketones (excluding diaryl/α,β-unsaturated/α-hetero) is 1. The van der Waals surface area contributed by atoms with Gasteiger partial charge in [0.2, 0.25) is 0 Å². The number of nitrogens with two attached hydrogens (primary N) is 1. The van der Waals surface area contributed by atoms with E-state index in [-0.39, 0.29) is 5.78 Å². The molecule has 0 fully saturated rings. The Labute approximate surface area is 71.5 Å². The molecule has 0 amide bonds. The summed E-state index contributed by atoms with van der Waals surface area (Å²) in [6.07, 6.45) is 0.537. The summed E-state index contributed by atoms with van der Waals surface area (Å²) in [7, 11) is 0. The predicted molar refractivity (Wildman–Crippen MR) is 48.9 cm³/mol. The topological polar surface area (TPSA) is 55.1 Å². The second-order valence-electron chi connectivity index (χ2n) is 2.50. The van der Waals surface area contributed by atoms with Crippen molar-refractivity contribution in [1.82, 2.24) is 0 Å². The average molecular weight is 164 g/mol. The number of anilines is 1. The molecule has 0 aliphatic rings. The van der Waals surface area contributed by atoms with Crippen LogP contribution in [-0.2, 0) is 0 Å². The summed E-state index contributed by atoms with van der Waals surface area (Å²) in [6.45, 7) is 1.84. The van der Waals surface area contributed by atoms with E-state index in [9.17, 15) is 4.79 Å². The average Bonchev–Trinajstić information content (AvgIpc) is 2.17. The maximum atomic E-state index is 11.2. The van der Waals surface area contributed by atoms with E-state index in [1.807, 2.05) is 6.92 Å². The van der Waals surface area contributed by atoms with Crippen LogP contribution in [0.3, 0.4) is 0 Å². The molecule has 1 rings (SSSR count). The lowest BCUT2D eigenvalue weighted by Crippen LogP contribution is -2.06. The SMILES string of the molecule is CCC(=O)c1ccc(NN)cc1. The zero-order valence-electron chi connectivity index (χ0n) is 7.00. The van der Waals surface area contributed by atoms with Gasteiger partial charge in [0.05, 0.1) is 0 Å². The second-order valence-corrected chi connectivity index (χ2v) is 2.50. The molecule has 0 unspecified atom stereocenters. The number of hydrogen-bond donors (Lipinski definition) is 2. The van der Waals surface area contributed by atoms with E-state index in [0.717, 1.165) is 11.3 Å². The number of hydrogen-bond acceptors (Lipinski definition) is 3. The van der Waals surface area contributed by atoms with Crippen molar-refractivity contribution in [2.24, 2.45) is 5.84 Å². The molecular weight excluding hydrogens is 152 g/mol. The molecule has 3 N–H and O–H groups in total. The lowest BCUT2D eigenvalue weighted by Gasteiger charge is -2.00. The summed E-state index contributed by atoms with van der Waals surface area (Å²) >= 11 is 0. The van der Waals surface area contributed by atoms with Crippen LogP contribution < -0.4 is 11.3 Å². The first-order valence-electron chi connectivity index (χ1n) is 3.87. The molecule has 0 atom stereocenters. The van der Waals surface area contributed by atoms with Gasteiger partial charge in [-0.2, -0.15) is 0 Å². The summed E-state index contributed by atoms with van der Waals surface area (Å²) in [4.78, 5) is 11.2. The Bertz CT molecular complexity index is 266. The molecule has 0 saturated heterocycles. The van der Waals surface area contributed by atoms with Gasteiger partial charge in [-0.05, 0) is 24.3 Å². The van der Waals surface area contributed by atoms with Crippen LogP contribution in [-0.4, -0.2) is 5.78 Å². The molecular formula is C9H12N2O. The third-order valence-electron chi connectivity index (χ3n) is 1.69. The van der Waals surface area contributed by atoms with Crippen LogP contribution in [0.25, 0.3) is 0 Å². The van der Waals surface area contributed by atoms with Gasteiger partial charge in [0.25, 0.3) is 0 Å². The van der Waals surface area contributed by atoms with E-state index < -0.39 is 0 Å². The molecule has 0 aliphatic carbocycles. The number of hydrazine groups is 1. The van der Waals surface area contributed by atoms with Crippen LogP contribution in [0.4, 0.5) is 5.69 Å². The third-order valence-corrected chi connectivity index (χ3v) is 1.69. The van der Waals surface area contributed by atoms with Gasteiger partial charge in [-0.25, -0.2) is 0 Å². The number of carbonyl (C=O) groups excluding carboxylic acids is 1. The number of nitrogen functional groups attached to an aromatic ring is 1. The minimum atomic E-state index is 0.151. The van der Waals surface area contributed by atoms with Crippen molar-refractivity contribution in [3.8, 4) is 0 Å². The molecule has 0 saturated carbocycles. The predicted octanol–water partition coefficient (Wildman–Crippen LogP) is 1.56. The van der Waals surface area contributed by atoms with Crippen LogP contribution in [0.15, 0.2) is 24.3 Å². The number of carbonyl (C=O) groups is 1. The second kappa shape index (κ2) is 3.88. The van der Waals surface area contributed by atoms with Crippen molar-refractivity contribution in [1.29, 1.82) is 0 Å². The van der Waals surface area contributed by atoms with Gasteiger partial charge in [0.15, 0.2) is 5.78 Å². The molecule has 1 aromatic carbocycles. The maximum Gasteiger partial charge on any atom is 0.162 e. The Hall–Kier alpha value is -1.35. The molecule has 12 heavy (non-hydrogen) atoms. The fourth-order valence-electron chi connectivity index (χ4n) is 0.956. The van der Waals surface area contributed by atoms with Gasteiger partial charge >= 0.3 is 0 Å². The largest absolute Gasteiger partial charge is 0.324 e. The van der Waals surface area contributed by atoms with Crippen LogP contribution in [0, 0.1) is 0 Å². The van der Waals surface area contributed by atoms with Crippen LogP contribution in [0.1, 0.15) is 23.7 Å². The fourth-order valence-corrected chi connectivity index (χ4v) is 0.956. The molecule has 0 aromatic heterocycles. The normalized spacial score (nSPS) is 9.50. The fraction of sp³-hybridized carbons (Fsp3) is 0.222. The Kier molecular flexibility index (Phi) is 2.82. The van der Waals surface area contributed by atoms with E-state index in [0.29, 0.717) is 6.42 Å². The highest BCUT2D eigenvalue weighted by molar-refractivity contribution is 5.96. The first-order valence-corrected chi connectivity index (χ1v) is 3.87. The van der Waals surface area contributed by atoms with Crippen molar-refractivity contribution in [3.05, 3.63) is 29.8 Å². The number of nitrogens with one attached hydrogen (secondary N) is 1. The minimum absolute atomic E-state index is 0.151. The molecule has 64 valence electrons. The smallest absolute Gasteiger partial charge is 0.162 e. The molecule has 0 radical (unpaired) electrons. The monoisotopic (exact) mass is 164 g/mol. The molecule has 3 heteroatoms. The van der Waals surface area contributed by atoms with Gasteiger partial charge in [0.1, 0.15) is 0 Å². The summed E-state index contributed by atoms with van der Waals surface area (Å²) in [5.41, 5.74) is 4.04. The van der Waals surface area contributed by atoms with Crippen molar-refractivity contribution < 1.29 is 4.79 Å². The van der Waals surface area contributed by atoms with Crippen molar-refractivity contribution >= 4 is 11.5 Å². The van der Waals surface area contributed by atoms with Gasteiger partial charge in [-0.3, -0.25) is 10.6 Å². The molecule has 3 nitrogen and oxygen atoms in total. The summed E-state index contributed by atoms with van der Waals surface area (Å²) in [6, 6.07) is 7.09. The first kappa shape index (κ1) is 8.74. The summed E-state index contributed by atoms with van der Waals surface area (Å²) < 4.78 is 0. The highest BCUT2D eigenvalue weighted by Crippen LogP contribution is 2.09. The third kappa shape index (κ3) is 1.83. The van der Waals surface area contributed by atoms with Gasteiger partial charge in [-0.15, -0.1) is 0 Å². The van der Waals surface area contributed by atoms with Crippen molar-refractivity contribution in [2.75, 3.05) is 5.43 Å². The maximum absolute atomic E-state index is 11.2. The van der Waals surface area contributed by atoms with Gasteiger partial charge < -0.3 is 5.43 Å². The quantitative estimate of drug-likeness (QED) is 0.405. The van der Waals surface area contributed by atoms with Crippen LogP contribution >= 0.6 is 0 Å². The Morgan fingerprint density at radius 3 is 2.42 bits per heavy atom. The molecule has 0 aliphatic heterocycles. The highest BCUT2D eigenvalue weighted by Gasteiger charge is 2.00. The highest BCUT2D eigenvalue weighted by atomic mass is 16.1. The van der Waals surface area contributed by atoms with Crippen molar-refractivity contribution in [2.45, 2.75) is 13.3 Å². The van der Waals surface area contributed by atoms with Crippen LogP contribution in [0.5, 0.6) is 0 Å². The minimum Gasteiger partial charge on any atom is -0.324 e. The number of benzene rings is 1. The standard InChI is InChI=1S/C9H12N2O/c1-2-9(12)7-3-5-8(11-10)6-4-7/h3-6,11H,2,10H2,1H3. The number of rotatable bonds is 3. The van der Waals surface area contributed by atoms with Crippen molar-refractivity contribution in [3.63, 3.8) is 0 Å². The zero-order chi connectivity index (χ0) is 8.97. The Balaban J connectivity index is 2.84. The van der Waals surface area contributed by atoms with Gasteiger partial charge in [-0.1, -0.05) is 6.92 Å². The summed E-state index contributed by atoms with van der Waals surface area (Å²) in [5.74, 6) is 5.33. The van der Waals surface area contributed by atoms with Crippen LogP contribution in [0.2, 0.25) is 0 Å². The first-order chi connectivity index (χ1) is 5.77. The lowest BCUT2D eigenvalue weighted by atomic mass is 10.1. The Morgan fingerprint density at radius 2 is 2.00 bits per heavy atom. The summed E-state index contributed by atoms with van der Waals surface area (Å²) in [5, 5.41) is 0. The van der Waals surface area contributed by atoms with Gasteiger partial charge in [0, 0.05) is 17.7 Å². The van der Waals surface area contributed by atoms with E-state index in [1.165, 1.54) is 0 Å². The zero-order valence-corrected chi connectivity index (χ0v) is 7.00. The van der Waals surface area contributed by atoms with E-state index in [4.69, 9.17) is 5.84 Å². The molecule has 0 heterocycles. The van der Waals surface area contributed by atoms with E-state index in [1.54, 1.807) is 24.3 Å². The Morgan fingerprint density at radius 1 is 1.42 bits per heavy atom. The molecule has 0 spiro atoms. The van der Waals surface area contributed by atoms with E-state index in [2.05, 4.69) is 5.43 Å². The lowest BCUT2D eigenvalue weighted by molar-refractivity contribution is 0.0988. The number of ketones is 1. The molecule has 1 aromatic rings. The molecule has 0 bridgehead atoms. The van der Waals surface area contributed by atoms with E-state index >= 15 is 0 Å².